The number of carbonyl (C=O) groups is 3. The van der Waals surface area contributed by atoms with Gasteiger partial charge >= 0.3 is 6.03 Å². The number of benzene rings is 2. The lowest BCUT2D eigenvalue weighted by molar-refractivity contribution is -0.122. The van der Waals surface area contributed by atoms with Crippen LogP contribution in [0.15, 0.2) is 46.4 Å². The summed E-state index contributed by atoms with van der Waals surface area (Å²) < 4.78 is 12.3. The zero-order chi connectivity index (χ0) is 23.4. The number of amides is 4. The molecule has 0 radical (unpaired) electrons. The third-order valence-corrected chi connectivity index (χ3v) is 5.52. The topological polar surface area (TPSA) is 84.9 Å². The van der Waals surface area contributed by atoms with Crippen LogP contribution in [0.1, 0.15) is 38.3 Å². The molecule has 0 spiro atoms. The maximum absolute atomic E-state index is 13.1. The van der Waals surface area contributed by atoms with Gasteiger partial charge in [-0.3, -0.25) is 14.9 Å². The minimum Gasteiger partial charge on any atom is -0.490 e. The van der Waals surface area contributed by atoms with Crippen molar-refractivity contribution in [1.29, 1.82) is 0 Å². The van der Waals surface area contributed by atoms with Crippen molar-refractivity contribution in [3.63, 3.8) is 0 Å². The van der Waals surface area contributed by atoms with Gasteiger partial charge in [-0.1, -0.05) is 24.6 Å². The van der Waals surface area contributed by atoms with Crippen molar-refractivity contribution >= 4 is 45.5 Å². The lowest BCUT2D eigenvalue weighted by Gasteiger charge is -2.26. The quantitative estimate of drug-likeness (QED) is 0.427. The third-order valence-electron chi connectivity index (χ3n) is 4.93. The van der Waals surface area contributed by atoms with Crippen molar-refractivity contribution in [2.24, 2.45) is 0 Å². The summed E-state index contributed by atoms with van der Waals surface area (Å²) in [5.41, 5.74) is 1.76. The summed E-state index contributed by atoms with van der Waals surface area (Å²) in [7, 11) is 0. The highest BCUT2D eigenvalue weighted by molar-refractivity contribution is 9.10. The molecule has 2 aromatic rings. The normalized spacial score (nSPS) is 16.2. The number of ether oxygens (including phenoxy) is 2. The van der Waals surface area contributed by atoms with Crippen LogP contribution in [0.5, 0.6) is 11.5 Å². The van der Waals surface area contributed by atoms with Crippen LogP contribution in [0.4, 0.5) is 10.5 Å². The molecule has 1 aliphatic rings. The molecule has 0 aliphatic carbocycles. The highest BCUT2D eigenvalue weighted by atomic mass is 79.9. The van der Waals surface area contributed by atoms with E-state index in [-0.39, 0.29) is 11.7 Å². The molecule has 32 heavy (non-hydrogen) atoms. The summed E-state index contributed by atoms with van der Waals surface area (Å²) in [6.07, 6.45) is 2.24. The molecule has 1 heterocycles. The number of hydrogen-bond donors (Lipinski definition) is 1. The van der Waals surface area contributed by atoms with Crippen LogP contribution < -0.4 is 19.7 Å². The first kappa shape index (κ1) is 23.5. The summed E-state index contributed by atoms with van der Waals surface area (Å²) in [6, 6.07) is 9.55. The highest BCUT2D eigenvalue weighted by Gasteiger charge is 2.36. The van der Waals surface area contributed by atoms with Crippen molar-refractivity contribution in [2.75, 3.05) is 11.5 Å². The Morgan fingerprint density at radius 2 is 1.81 bits per heavy atom. The molecule has 0 saturated carbocycles. The number of rotatable bonds is 7. The van der Waals surface area contributed by atoms with Crippen molar-refractivity contribution < 1.29 is 23.9 Å². The van der Waals surface area contributed by atoms with E-state index in [0.717, 1.165) is 16.9 Å². The monoisotopic (exact) mass is 500 g/mol. The average Bonchev–Trinajstić information content (AvgIpc) is 2.74. The van der Waals surface area contributed by atoms with E-state index in [4.69, 9.17) is 9.47 Å². The molecule has 0 unspecified atom stereocenters. The minimum absolute atomic E-state index is 0.0190. The fourth-order valence-corrected chi connectivity index (χ4v) is 3.64. The summed E-state index contributed by atoms with van der Waals surface area (Å²) in [4.78, 5) is 38.9. The standard InChI is InChI=1S/C24H25BrN2O5/c1-5-15(4)32-21-19(25)12-16(13-20(21)31-6-2)11-18-22(28)26-24(30)27(23(18)29)17-9-7-14(3)8-10-17/h7-13,15H,5-6H2,1-4H3,(H,26,28,30)/b18-11+/t15-/m1/s1. The van der Waals surface area contributed by atoms with Crippen LogP contribution in [0.2, 0.25) is 0 Å². The number of barbiturate groups is 1. The maximum atomic E-state index is 13.1. The van der Waals surface area contributed by atoms with Gasteiger partial charge in [0.25, 0.3) is 11.8 Å². The third kappa shape index (κ3) is 5.02. The first-order valence-corrected chi connectivity index (χ1v) is 11.2. The van der Waals surface area contributed by atoms with Crippen molar-refractivity contribution in [3.8, 4) is 11.5 Å². The Morgan fingerprint density at radius 1 is 1.12 bits per heavy atom. The van der Waals surface area contributed by atoms with E-state index in [0.29, 0.717) is 33.8 Å². The minimum atomic E-state index is -0.783. The Bertz CT molecular complexity index is 1080. The van der Waals surface area contributed by atoms with Gasteiger partial charge in [-0.25, -0.2) is 9.69 Å². The molecule has 1 fully saturated rings. The largest absolute Gasteiger partial charge is 0.490 e. The van der Waals surface area contributed by atoms with E-state index < -0.39 is 17.8 Å². The summed E-state index contributed by atoms with van der Waals surface area (Å²) in [6.45, 7) is 8.15. The molecule has 0 aromatic heterocycles. The molecule has 2 aromatic carbocycles. The number of anilines is 1. The molecule has 1 aliphatic heterocycles. The number of nitrogens with one attached hydrogen (secondary N) is 1. The fourth-order valence-electron chi connectivity index (χ4n) is 3.09. The Hall–Kier alpha value is -3.13. The zero-order valence-corrected chi connectivity index (χ0v) is 20.0. The highest BCUT2D eigenvalue weighted by Crippen LogP contribution is 2.38. The van der Waals surface area contributed by atoms with Gasteiger partial charge in [0, 0.05) is 0 Å². The average molecular weight is 501 g/mol. The maximum Gasteiger partial charge on any atom is 0.335 e. The number of imide groups is 2. The lowest BCUT2D eigenvalue weighted by atomic mass is 10.1. The second-order valence-corrected chi connectivity index (χ2v) is 8.25. The number of halogens is 1. The molecule has 8 heteroatoms. The van der Waals surface area contributed by atoms with Crippen LogP contribution in [-0.2, 0) is 9.59 Å². The molecule has 1 N–H and O–H groups in total. The Kier molecular flexibility index (Phi) is 7.35. The van der Waals surface area contributed by atoms with E-state index in [1.807, 2.05) is 27.7 Å². The van der Waals surface area contributed by atoms with E-state index in [1.54, 1.807) is 36.4 Å². The Balaban J connectivity index is 2.01. The Labute approximate surface area is 195 Å². The van der Waals surface area contributed by atoms with Gasteiger partial charge in [-0.05, 0) is 79.0 Å². The molecule has 4 amide bonds. The van der Waals surface area contributed by atoms with Gasteiger partial charge in [-0.15, -0.1) is 0 Å². The van der Waals surface area contributed by atoms with Crippen LogP contribution in [0.25, 0.3) is 6.08 Å². The van der Waals surface area contributed by atoms with Crippen LogP contribution >= 0.6 is 15.9 Å². The van der Waals surface area contributed by atoms with Gasteiger partial charge in [0.15, 0.2) is 11.5 Å². The molecule has 1 atom stereocenters. The number of urea groups is 1. The van der Waals surface area contributed by atoms with Gasteiger partial charge in [-0.2, -0.15) is 0 Å². The van der Waals surface area contributed by atoms with Crippen LogP contribution in [0, 0.1) is 6.92 Å². The van der Waals surface area contributed by atoms with Crippen LogP contribution in [-0.4, -0.2) is 30.6 Å². The van der Waals surface area contributed by atoms with Gasteiger partial charge < -0.3 is 9.47 Å². The van der Waals surface area contributed by atoms with E-state index in [1.165, 1.54) is 6.08 Å². The van der Waals surface area contributed by atoms with Gasteiger partial charge in [0.05, 0.1) is 22.9 Å². The number of aryl methyl sites for hydroxylation is 1. The Morgan fingerprint density at radius 3 is 2.44 bits per heavy atom. The predicted octanol–water partition coefficient (Wildman–Crippen LogP) is 5.00. The van der Waals surface area contributed by atoms with E-state index in [2.05, 4.69) is 21.2 Å². The molecule has 1 saturated heterocycles. The number of hydrogen-bond acceptors (Lipinski definition) is 5. The number of carbonyl (C=O) groups excluding carboxylic acids is 3. The SMILES string of the molecule is CCOc1cc(/C=C2\C(=O)NC(=O)N(c3ccc(C)cc3)C2=O)cc(Br)c1O[C@H](C)CC. The van der Waals surface area contributed by atoms with Gasteiger partial charge in [0.2, 0.25) is 0 Å². The molecule has 7 nitrogen and oxygen atoms in total. The zero-order valence-electron chi connectivity index (χ0n) is 18.4. The molecule has 168 valence electrons. The molecule has 3 rings (SSSR count). The van der Waals surface area contributed by atoms with Crippen molar-refractivity contribution in [2.45, 2.75) is 40.2 Å². The lowest BCUT2D eigenvalue weighted by Crippen LogP contribution is -2.54. The van der Waals surface area contributed by atoms with Crippen molar-refractivity contribution in [3.05, 3.63) is 57.6 Å². The van der Waals surface area contributed by atoms with E-state index >= 15 is 0 Å². The smallest absolute Gasteiger partial charge is 0.335 e. The van der Waals surface area contributed by atoms with Gasteiger partial charge in [0.1, 0.15) is 5.57 Å². The summed E-state index contributed by atoms with van der Waals surface area (Å²) >= 11 is 3.50. The first-order valence-electron chi connectivity index (χ1n) is 10.4. The second kappa shape index (κ2) is 9.99. The van der Waals surface area contributed by atoms with Crippen molar-refractivity contribution in [1.82, 2.24) is 5.32 Å². The second-order valence-electron chi connectivity index (χ2n) is 7.39. The molecule has 0 bridgehead atoms. The summed E-state index contributed by atoms with van der Waals surface area (Å²) in [5.74, 6) is -0.405. The predicted molar refractivity (Wildman–Crippen MR) is 126 cm³/mol. The summed E-state index contributed by atoms with van der Waals surface area (Å²) in [5, 5.41) is 2.23. The molecular formula is C24H25BrN2O5. The van der Waals surface area contributed by atoms with E-state index in [9.17, 15) is 14.4 Å². The van der Waals surface area contributed by atoms with Crippen LogP contribution in [0.3, 0.4) is 0 Å². The number of nitrogens with zero attached hydrogens (tertiary/aromatic N) is 1. The first-order chi connectivity index (χ1) is 15.2. The molecular weight excluding hydrogens is 476 g/mol. The fraction of sp³-hybridized carbons (Fsp3) is 0.292.